The third-order valence-corrected chi connectivity index (χ3v) is 11.5. The van der Waals surface area contributed by atoms with Gasteiger partial charge >= 0.3 is 5.97 Å². The number of fused-ring (bicyclic) bond motifs is 1. The van der Waals surface area contributed by atoms with E-state index in [0.29, 0.717) is 37.9 Å². The summed E-state index contributed by atoms with van der Waals surface area (Å²) in [6.45, 7) is 1.13. The molecule has 4 atom stereocenters. The third kappa shape index (κ3) is 11.7. The molecular formula is C52H53N5O5. The van der Waals surface area contributed by atoms with Crippen molar-refractivity contribution in [3.8, 4) is 11.1 Å². The predicted molar refractivity (Wildman–Crippen MR) is 242 cm³/mol. The van der Waals surface area contributed by atoms with Crippen molar-refractivity contribution in [2.24, 2.45) is 5.73 Å². The van der Waals surface area contributed by atoms with E-state index in [1.807, 2.05) is 109 Å². The molecule has 10 heteroatoms. The minimum absolute atomic E-state index is 0.140. The number of nitrogens with one attached hydrogen (secondary N) is 3. The normalized spacial score (nSPS) is 14.8. The van der Waals surface area contributed by atoms with E-state index in [-0.39, 0.29) is 37.2 Å². The second-order valence-corrected chi connectivity index (χ2v) is 15.9. The summed E-state index contributed by atoms with van der Waals surface area (Å²) >= 11 is 0. The van der Waals surface area contributed by atoms with Crippen molar-refractivity contribution in [3.05, 3.63) is 203 Å². The number of hydrogen-bond acceptors (Lipinski definition) is 6. The first-order valence-corrected chi connectivity index (χ1v) is 21.2. The third-order valence-electron chi connectivity index (χ3n) is 11.5. The fourth-order valence-corrected chi connectivity index (χ4v) is 8.00. The van der Waals surface area contributed by atoms with Crippen LogP contribution in [0.5, 0.6) is 0 Å². The van der Waals surface area contributed by atoms with Crippen LogP contribution in [0.3, 0.4) is 0 Å². The predicted octanol–water partition coefficient (Wildman–Crippen LogP) is 6.16. The van der Waals surface area contributed by atoms with Crippen molar-refractivity contribution in [1.82, 2.24) is 20.9 Å². The van der Waals surface area contributed by atoms with Crippen molar-refractivity contribution in [1.29, 1.82) is 0 Å². The summed E-state index contributed by atoms with van der Waals surface area (Å²) in [7, 11) is 0. The van der Waals surface area contributed by atoms with Crippen molar-refractivity contribution in [2.75, 3.05) is 13.1 Å². The molecule has 316 valence electrons. The van der Waals surface area contributed by atoms with Crippen molar-refractivity contribution >= 4 is 23.7 Å². The number of rotatable bonds is 18. The number of amides is 3. The lowest BCUT2D eigenvalue weighted by molar-refractivity contribution is -0.142. The summed E-state index contributed by atoms with van der Waals surface area (Å²) in [5.41, 5.74) is 15.3. The minimum Gasteiger partial charge on any atom is -0.480 e. The van der Waals surface area contributed by atoms with E-state index in [0.717, 1.165) is 44.5 Å². The van der Waals surface area contributed by atoms with Crippen LogP contribution < -0.4 is 21.7 Å². The molecule has 1 aliphatic rings. The molecule has 1 heterocycles. The first-order chi connectivity index (χ1) is 30.2. The Morgan fingerprint density at radius 2 is 1.15 bits per heavy atom. The van der Waals surface area contributed by atoms with Crippen LogP contribution in [-0.2, 0) is 53.0 Å². The number of aliphatic carboxylic acids is 1. The monoisotopic (exact) mass is 827 g/mol. The van der Waals surface area contributed by atoms with Crippen LogP contribution in [0.1, 0.15) is 43.7 Å². The highest BCUT2D eigenvalue weighted by molar-refractivity contribution is 5.94. The fourth-order valence-electron chi connectivity index (χ4n) is 8.00. The molecule has 7 rings (SSSR count). The summed E-state index contributed by atoms with van der Waals surface area (Å²) in [6, 6.07) is 49.4. The molecule has 0 aliphatic carbocycles. The smallest absolute Gasteiger partial charge is 0.326 e. The van der Waals surface area contributed by atoms with Gasteiger partial charge in [-0.25, -0.2) is 4.79 Å². The summed E-state index contributed by atoms with van der Waals surface area (Å²) in [6.07, 6.45) is 1.98. The van der Waals surface area contributed by atoms with Crippen LogP contribution >= 0.6 is 0 Å². The fraction of sp³-hybridized carbons (Fsp3) is 0.231. The largest absolute Gasteiger partial charge is 0.480 e. The van der Waals surface area contributed by atoms with E-state index in [9.17, 15) is 24.3 Å². The van der Waals surface area contributed by atoms with Gasteiger partial charge in [0.15, 0.2) is 0 Å². The number of benzene rings is 6. The van der Waals surface area contributed by atoms with E-state index in [1.54, 1.807) is 17.0 Å². The molecule has 3 amide bonds. The van der Waals surface area contributed by atoms with E-state index in [2.05, 4.69) is 58.4 Å². The Kier molecular flexibility index (Phi) is 14.7. The molecule has 6 aromatic carbocycles. The summed E-state index contributed by atoms with van der Waals surface area (Å²) in [5.74, 6) is -1.95. The first kappa shape index (κ1) is 43.2. The zero-order chi connectivity index (χ0) is 43.3. The van der Waals surface area contributed by atoms with Crippen LogP contribution in [0.2, 0.25) is 0 Å². The van der Waals surface area contributed by atoms with Crippen LogP contribution in [-0.4, -0.2) is 71.0 Å². The molecule has 1 aliphatic heterocycles. The average molecular weight is 828 g/mol. The lowest BCUT2D eigenvalue weighted by Gasteiger charge is -2.39. The molecule has 0 fully saturated rings. The Morgan fingerprint density at radius 1 is 0.613 bits per heavy atom. The van der Waals surface area contributed by atoms with Crippen LogP contribution in [0.25, 0.3) is 11.1 Å². The van der Waals surface area contributed by atoms with Gasteiger partial charge in [-0.15, -0.1) is 0 Å². The topological polar surface area (TPSA) is 154 Å². The maximum Gasteiger partial charge on any atom is 0.326 e. The van der Waals surface area contributed by atoms with Gasteiger partial charge in [0.25, 0.3) is 5.91 Å². The minimum atomic E-state index is -1.12. The molecule has 0 aromatic heterocycles. The second kappa shape index (κ2) is 21.1. The molecule has 1 unspecified atom stereocenters. The Labute approximate surface area is 363 Å². The van der Waals surface area contributed by atoms with Gasteiger partial charge in [-0.05, 0) is 82.3 Å². The molecule has 6 aromatic rings. The number of carbonyl (C=O) groups is 4. The van der Waals surface area contributed by atoms with Gasteiger partial charge in [0, 0.05) is 37.7 Å². The SMILES string of the molecule is N[C@@H](Cc1ccc(C(=O)NCCc2ccc(-c3ccccc3)cc2)cc1)C(=O)N1Cc2ccccc2CC1CN[C@@H](Cc1ccccc1)C(=O)N[C@@H](Cc1ccccc1)C(=O)O. The van der Waals surface area contributed by atoms with Gasteiger partial charge in [0.1, 0.15) is 6.04 Å². The van der Waals surface area contributed by atoms with Gasteiger partial charge < -0.3 is 31.7 Å². The lowest BCUT2D eigenvalue weighted by atomic mass is 9.92. The first-order valence-electron chi connectivity index (χ1n) is 21.2. The quantitative estimate of drug-likeness (QED) is 0.0696. The van der Waals surface area contributed by atoms with Crippen molar-refractivity contribution in [2.45, 2.75) is 62.8 Å². The Bertz CT molecular complexity index is 2410. The summed E-state index contributed by atoms with van der Waals surface area (Å²) < 4.78 is 0. The highest BCUT2D eigenvalue weighted by Gasteiger charge is 2.34. The standard InChI is InChI=1S/C52H53N5O5/c53-46(30-39-22-26-42(27-23-39)49(58)54-29-28-36-20-24-41(25-21-36)40-16-8-3-9-17-40)51(60)57-35-44-19-11-10-18-43(44)33-45(57)34-55-47(31-37-12-4-1-5-13-37)50(59)56-48(52(61)62)32-38-14-6-2-7-15-38/h1-27,45-48,55H,28-35,53H2,(H,54,58)(H,56,59)(H,61,62)/t45?,46-,47-,48-/m0/s1. The zero-order valence-corrected chi connectivity index (χ0v) is 34.7. The van der Waals surface area contributed by atoms with Crippen LogP contribution in [0.15, 0.2) is 164 Å². The second-order valence-electron chi connectivity index (χ2n) is 15.9. The maximum absolute atomic E-state index is 14.3. The molecule has 0 radical (unpaired) electrons. The van der Waals surface area contributed by atoms with Gasteiger partial charge in [0.05, 0.1) is 12.1 Å². The highest BCUT2D eigenvalue weighted by Crippen LogP contribution is 2.25. The number of carboxylic acids is 1. The Balaban J connectivity index is 0.973. The Morgan fingerprint density at radius 3 is 1.77 bits per heavy atom. The highest BCUT2D eigenvalue weighted by atomic mass is 16.4. The summed E-state index contributed by atoms with van der Waals surface area (Å²) in [5, 5.41) is 19.3. The van der Waals surface area contributed by atoms with Gasteiger partial charge in [-0.1, -0.05) is 152 Å². The number of nitrogens with two attached hydrogens (primary N) is 1. The van der Waals surface area contributed by atoms with Gasteiger partial charge in [-0.3, -0.25) is 14.4 Å². The Hall–Kier alpha value is -6.88. The van der Waals surface area contributed by atoms with E-state index in [4.69, 9.17) is 5.73 Å². The average Bonchev–Trinajstić information content (AvgIpc) is 3.31. The molecule has 10 nitrogen and oxygen atoms in total. The van der Waals surface area contributed by atoms with Gasteiger partial charge in [0.2, 0.25) is 11.8 Å². The van der Waals surface area contributed by atoms with Crippen molar-refractivity contribution < 1.29 is 24.3 Å². The van der Waals surface area contributed by atoms with E-state index >= 15 is 0 Å². The number of carbonyl (C=O) groups excluding carboxylic acids is 3. The molecule has 0 saturated carbocycles. The van der Waals surface area contributed by atoms with E-state index in [1.165, 1.54) is 0 Å². The number of carboxylic acid groups (broad SMARTS) is 1. The van der Waals surface area contributed by atoms with Crippen LogP contribution in [0, 0.1) is 0 Å². The van der Waals surface area contributed by atoms with Crippen molar-refractivity contribution in [3.63, 3.8) is 0 Å². The number of nitrogens with zero attached hydrogens (tertiary/aromatic N) is 1. The molecule has 62 heavy (non-hydrogen) atoms. The number of hydrogen-bond donors (Lipinski definition) is 5. The van der Waals surface area contributed by atoms with Gasteiger partial charge in [-0.2, -0.15) is 0 Å². The molecular weight excluding hydrogens is 775 g/mol. The molecule has 0 bridgehead atoms. The molecule has 0 saturated heterocycles. The summed E-state index contributed by atoms with van der Waals surface area (Å²) in [4.78, 5) is 55.3. The molecule has 6 N–H and O–H groups in total. The van der Waals surface area contributed by atoms with E-state index < -0.39 is 30.0 Å². The molecule has 0 spiro atoms. The van der Waals surface area contributed by atoms with Crippen LogP contribution in [0.4, 0.5) is 0 Å². The lowest BCUT2D eigenvalue weighted by Crippen LogP contribution is -2.57. The maximum atomic E-state index is 14.3. The zero-order valence-electron chi connectivity index (χ0n) is 34.7.